The minimum atomic E-state index is -0.508. The summed E-state index contributed by atoms with van der Waals surface area (Å²) in [5.41, 5.74) is 11.6. The van der Waals surface area contributed by atoms with Crippen LogP contribution in [-0.4, -0.2) is 43.1 Å². The Bertz CT molecular complexity index is 2070. The molecule has 1 saturated heterocycles. The van der Waals surface area contributed by atoms with E-state index in [9.17, 15) is 4.79 Å². The van der Waals surface area contributed by atoms with Crippen LogP contribution in [0.25, 0.3) is 39.0 Å². The second-order valence-corrected chi connectivity index (χ2v) is 13.4. The highest BCUT2D eigenvalue weighted by Crippen LogP contribution is 2.32. The topological polar surface area (TPSA) is 129 Å². The maximum absolute atomic E-state index is 15.2. The zero-order chi connectivity index (χ0) is 33.2. The molecular formula is C37H40ClFN8O. The van der Waals surface area contributed by atoms with Crippen LogP contribution in [0.3, 0.4) is 0 Å². The number of aromatic amines is 2. The van der Waals surface area contributed by atoms with Crippen molar-refractivity contribution >= 4 is 39.6 Å². The van der Waals surface area contributed by atoms with Gasteiger partial charge in [-0.15, -0.1) is 0 Å². The predicted molar refractivity (Wildman–Crippen MR) is 191 cm³/mol. The molecule has 1 aliphatic rings. The van der Waals surface area contributed by atoms with E-state index < -0.39 is 11.5 Å². The Balaban J connectivity index is 1.03. The minimum absolute atomic E-state index is 0.0627. The van der Waals surface area contributed by atoms with E-state index in [4.69, 9.17) is 17.3 Å². The minimum Gasteiger partial charge on any atom is -0.356 e. The molecule has 6 aromatic rings. The molecule has 48 heavy (non-hydrogen) atoms. The van der Waals surface area contributed by atoms with Gasteiger partial charge < -0.3 is 26.3 Å². The molecule has 3 aromatic heterocycles. The second-order valence-electron chi connectivity index (χ2n) is 12.9. The van der Waals surface area contributed by atoms with Crippen molar-refractivity contribution in [3.63, 3.8) is 0 Å². The third-order valence-corrected chi connectivity index (χ3v) is 9.52. The number of H-pyrrole nitrogens is 2. The number of piperidine rings is 1. The Kier molecular flexibility index (Phi) is 9.30. The molecule has 11 heteroatoms. The number of hydrogen-bond donors (Lipinski definition) is 5. The maximum Gasteiger partial charge on any atom is 0.354 e. The van der Waals surface area contributed by atoms with Crippen molar-refractivity contribution in [3.05, 3.63) is 105 Å². The zero-order valence-electron chi connectivity index (χ0n) is 26.9. The first-order chi connectivity index (χ1) is 23.3. The number of halogens is 2. The third-order valence-electron chi connectivity index (χ3n) is 9.24. The molecule has 248 valence electrons. The average Bonchev–Trinajstić information content (AvgIpc) is 3.69. The second kappa shape index (κ2) is 13.9. The molecule has 9 nitrogen and oxygen atoms in total. The summed E-state index contributed by atoms with van der Waals surface area (Å²) in [6.45, 7) is 2.79. The molecule has 1 aliphatic heterocycles. The molecule has 0 unspecified atom stereocenters. The van der Waals surface area contributed by atoms with E-state index in [2.05, 4.69) is 42.7 Å². The summed E-state index contributed by atoms with van der Waals surface area (Å²) in [6, 6.07) is 22.1. The first-order valence-corrected chi connectivity index (χ1v) is 17.1. The van der Waals surface area contributed by atoms with Crippen LogP contribution in [0.4, 0.5) is 10.3 Å². The van der Waals surface area contributed by atoms with Crippen molar-refractivity contribution in [1.82, 2.24) is 29.8 Å². The third kappa shape index (κ3) is 7.01. The molecule has 0 amide bonds. The van der Waals surface area contributed by atoms with Crippen molar-refractivity contribution in [2.45, 2.75) is 70.0 Å². The van der Waals surface area contributed by atoms with Gasteiger partial charge in [-0.3, -0.25) is 4.57 Å². The molecule has 1 fully saturated rings. The molecule has 0 bridgehead atoms. The van der Waals surface area contributed by atoms with Crippen molar-refractivity contribution < 1.29 is 4.39 Å². The van der Waals surface area contributed by atoms with E-state index in [1.54, 1.807) is 18.3 Å². The molecule has 3 aromatic carbocycles. The van der Waals surface area contributed by atoms with Gasteiger partial charge in [-0.25, -0.2) is 14.2 Å². The normalized spacial score (nSPS) is 17.2. The van der Waals surface area contributed by atoms with Crippen molar-refractivity contribution in [1.29, 1.82) is 0 Å². The number of para-hydroxylation sites is 2. The summed E-state index contributed by atoms with van der Waals surface area (Å²) in [5, 5.41) is 8.01. The van der Waals surface area contributed by atoms with Crippen LogP contribution in [-0.2, 0) is 6.42 Å². The van der Waals surface area contributed by atoms with E-state index in [-0.39, 0.29) is 17.1 Å². The van der Waals surface area contributed by atoms with Gasteiger partial charge in [0, 0.05) is 41.8 Å². The van der Waals surface area contributed by atoms with Gasteiger partial charge >= 0.3 is 5.69 Å². The Morgan fingerprint density at radius 1 is 1.08 bits per heavy atom. The lowest BCUT2D eigenvalue weighted by Gasteiger charge is -2.31. The van der Waals surface area contributed by atoms with Crippen LogP contribution in [0, 0.1) is 5.82 Å². The number of aryl methyl sites for hydroxylation is 1. The van der Waals surface area contributed by atoms with Gasteiger partial charge in [0.15, 0.2) is 5.82 Å². The van der Waals surface area contributed by atoms with Crippen LogP contribution in [0.2, 0.25) is 5.02 Å². The van der Waals surface area contributed by atoms with Gasteiger partial charge in [-0.1, -0.05) is 42.3 Å². The number of imidazole rings is 1. The first-order valence-electron chi connectivity index (χ1n) is 16.7. The number of nitrogens with one attached hydrogen (secondary N) is 4. The van der Waals surface area contributed by atoms with E-state index in [0.717, 1.165) is 74.0 Å². The molecule has 0 radical (unpaired) electrons. The van der Waals surface area contributed by atoms with E-state index in [1.165, 1.54) is 10.1 Å². The Morgan fingerprint density at radius 3 is 2.73 bits per heavy atom. The Labute approximate surface area is 283 Å². The summed E-state index contributed by atoms with van der Waals surface area (Å²) < 4.78 is 16.7. The highest BCUT2D eigenvalue weighted by molar-refractivity contribution is 6.31. The Hall–Kier alpha value is -4.51. The van der Waals surface area contributed by atoms with Gasteiger partial charge in [0.1, 0.15) is 5.65 Å². The van der Waals surface area contributed by atoms with Crippen LogP contribution in [0.5, 0.6) is 0 Å². The molecule has 4 heterocycles. The van der Waals surface area contributed by atoms with Gasteiger partial charge in [-0.2, -0.15) is 4.98 Å². The number of benzene rings is 3. The van der Waals surface area contributed by atoms with Gasteiger partial charge in [-0.05, 0) is 99.0 Å². The van der Waals surface area contributed by atoms with Gasteiger partial charge in [0.2, 0.25) is 5.95 Å². The zero-order valence-corrected chi connectivity index (χ0v) is 27.7. The van der Waals surface area contributed by atoms with Crippen molar-refractivity contribution in [3.8, 4) is 16.9 Å². The highest BCUT2D eigenvalue weighted by atomic mass is 35.5. The van der Waals surface area contributed by atoms with Crippen LogP contribution < -0.4 is 22.1 Å². The van der Waals surface area contributed by atoms with Crippen LogP contribution >= 0.6 is 11.6 Å². The number of hydrogen-bond acceptors (Lipinski definition) is 6. The summed E-state index contributed by atoms with van der Waals surface area (Å²) >= 11 is 6.28. The summed E-state index contributed by atoms with van der Waals surface area (Å²) in [6.07, 6.45) is 8.55. The summed E-state index contributed by atoms with van der Waals surface area (Å²) in [5.74, 6) is 0.290. The number of nitrogens with two attached hydrogens (primary N) is 1. The number of rotatable bonds is 11. The summed E-state index contributed by atoms with van der Waals surface area (Å²) in [4.78, 5) is 28.5. The molecule has 7 rings (SSSR count). The molecular weight excluding hydrogens is 627 g/mol. The molecule has 6 N–H and O–H groups in total. The van der Waals surface area contributed by atoms with Crippen LogP contribution in [0.1, 0.15) is 62.6 Å². The lowest BCUT2D eigenvalue weighted by atomic mass is 9.92. The van der Waals surface area contributed by atoms with E-state index >= 15 is 4.39 Å². The first kappa shape index (κ1) is 32.1. The van der Waals surface area contributed by atoms with E-state index in [1.807, 2.05) is 49.4 Å². The number of nitrogens with zero attached hydrogens (tertiary/aromatic N) is 3. The quantitative estimate of drug-likeness (QED) is 0.0980. The molecule has 0 saturated carbocycles. The number of fused-ring (bicyclic) bond motifs is 2. The van der Waals surface area contributed by atoms with Crippen LogP contribution in [0.15, 0.2) is 77.7 Å². The largest absolute Gasteiger partial charge is 0.356 e. The van der Waals surface area contributed by atoms with E-state index in [0.29, 0.717) is 34.0 Å². The molecule has 3 atom stereocenters. The van der Waals surface area contributed by atoms with Crippen molar-refractivity contribution in [2.75, 3.05) is 11.9 Å². The highest BCUT2D eigenvalue weighted by Gasteiger charge is 2.22. The lowest BCUT2D eigenvalue weighted by Crippen LogP contribution is -2.38. The monoisotopic (exact) mass is 666 g/mol. The number of anilines is 1. The summed E-state index contributed by atoms with van der Waals surface area (Å²) in [7, 11) is 0. The average molecular weight is 667 g/mol. The standard InChI is InChI=1S/C37H40ClFN8O/c1-22(40)6-4-7-23-18-28(34(39)29(38)19-23)33-20-25-21-47(37(48)46-35(25)43-33)27-14-12-24(13-15-27)30-11-5-8-26(42-30)16-17-41-36-44-31-9-2-3-10-32(31)45-36/h2-3,9-10,12-15,18-22,26,30,42H,4-8,11,16-17,40H2,1H3,(H2,41,44,45)(H,43,46,48)/t22-,26-,30-/m0/s1. The van der Waals surface area contributed by atoms with Gasteiger partial charge in [0.05, 0.1) is 27.4 Å². The smallest absolute Gasteiger partial charge is 0.354 e. The fourth-order valence-electron chi connectivity index (χ4n) is 6.72. The predicted octanol–water partition coefficient (Wildman–Crippen LogP) is 7.40. The number of aromatic nitrogens is 5. The lowest BCUT2D eigenvalue weighted by molar-refractivity contribution is 0.316. The van der Waals surface area contributed by atoms with Gasteiger partial charge in [0.25, 0.3) is 0 Å². The molecule has 0 spiro atoms. The Morgan fingerprint density at radius 2 is 1.92 bits per heavy atom. The maximum atomic E-state index is 15.2. The van der Waals surface area contributed by atoms with Crippen molar-refractivity contribution in [2.24, 2.45) is 5.73 Å². The molecule has 0 aliphatic carbocycles. The fourth-order valence-corrected chi connectivity index (χ4v) is 6.96. The SMILES string of the molecule is C[C@H](N)CCCc1cc(Cl)c(F)c(-c2cc3cn(-c4ccc([C@@H]5CCC[C@@H](CCNc6nc7ccccc7[nH]6)N5)cc4)c(=O)nc3[nH]2)c1. The fraction of sp³-hybridized carbons (Fsp3) is 0.324.